The van der Waals surface area contributed by atoms with Crippen molar-refractivity contribution in [2.75, 3.05) is 38.1 Å². The summed E-state index contributed by atoms with van der Waals surface area (Å²) in [6.07, 6.45) is 2.60. The normalized spacial score (nSPS) is 13.8. The number of nitrogens with one attached hydrogen (secondary N) is 1. The number of rotatable bonds is 8. The van der Waals surface area contributed by atoms with Crippen LogP contribution >= 0.6 is 0 Å². The van der Waals surface area contributed by atoms with Crippen LogP contribution in [0.3, 0.4) is 0 Å². The molecule has 0 unspecified atom stereocenters. The van der Waals surface area contributed by atoms with Gasteiger partial charge in [0.25, 0.3) is 6.47 Å². The molecule has 0 aliphatic carbocycles. The minimum Gasteiger partial charge on any atom is -0.483 e. The average molecular weight is 351 g/mol. The molecule has 1 aliphatic heterocycles. The van der Waals surface area contributed by atoms with Crippen LogP contribution in [-0.4, -0.2) is 55.2 Å². The van der Waals surface area contributed by atoms with E-state index in [0.717, 1.165) is 29.9 Å². The molecular weight excluding hydrogens is 322 g/mol. The highest BCUT2D eigenvalue weighted by atomic mass is 16.5. The molecule has 0 spiro atoms. The van der Waals surface area contributed by atoms with E-state index in [0.29, 0.717) is 18.8 Å². The van der Waals surface area contributed by atoms with E-state index in [2.05, 4.69) is 16.3 Å². The van der Waals surface area contributed by atoms with Crippen molar-refractivity contribution in [2.45, 2.75) is 33.3 Å². The second-order valence-electron chi connectivity index (χ2n) is 5.90. The summed E-state index contributed by atoms with van der Waals surface area (Å²) < 4.78 is 5.45. The smallest absolute Gasteiger partial charge is 0.290 e. The quantitative estimate of drug-likeness (QED) is 0.617. The lowest BCUT2D eigenvalue weighted by Crippen LogP contribution is -2.26. The number of benzene rings is 1. The molecule has 0 bridgehead atoms. The molecule has 2 rings (SSSR count). The molecule has 0 radical (unpaired) electrons. The first kappa shape index (κ1) is 20.9. The number of nitrogens with zero attached hydrogens (tertiary/aromatic N) is 1. The monoisotopic (exact) mass is 351 g/mol. The van der Waals surface area contributed by atoms with Gasteiger partial charge in [0.1, 0.15) is 0 Å². The summed E-state index contributed by atoms with van der Waals surface area (Å²) in [7, 11) is 0. The van der Waals surface area contributed by atoms with Crippen molar-refractivity contribution in [3.05, 3.63) is 28.8 Å². The van der Waals surface area contributed by atoms with Gasteiger partial charge in [0, 0.05) is 30.9 Å². The third-order valence-electron chi connectivity index (χ3n) is 4.15. The highest BCUT2D eigenvalue weighted by molar-refractivity contribution is 5.96. The average Bonchev–Trinajstić information content (AvgIpc) is 3.09. The molecule has 4 N–H and O–H groups in total. The maximum atomic E-state index is 11.6. The molecule has 1 aromatic rings. The van der Waals surface area contributed by atoms with E-state index in [1.165, 1.54) is 25.9 Å². The van der Waals surface area contributed by atoms with E-state index in [4.69, 9.17) is 20.4 Å². The largest absolute Gasteiger partial charge is 0.483 e. The van der Waals surface area contributed by atoms with E-state index in [9.17, 15) is 4.79 Å². The van der Waals surface area contributed by atoms with Crippen molar-refractivity contribution in [3.8, 4) is 0 Å². The van der Waals surface area contributed by atoms with E-state index in [1.54, 1.807) is 0 Å². The summed E-state index contributed by atoms with van der Waals surface area (Å²) in [5.74, 6) is -0.390. The molecule has 1 aromatic carbocycles. The number of carbonyl (C=O) groups excluding carboxylic acids is 1. The summed E-state index contributed by atoms with van der Waals surface area (Å²) in [5, 5.41) is 10.3. The fourth-order valence-corrected chi connectivity index (χ4v) is 2.87. The third kappa shape index (κ3) is 7.11. The number of nitrogens with two attached hydrogens (primary N) is 1. The SMILES string of the molecule is CCOCc1cc(NCCN2CCCC2)c(C)c(C(N)=O)c1.O=CO. The van der Waals surface area contributed by atoms with Crippen LogP contribution in [0.1, 0.15) is 41.3 Å². The summed E-state index contributed by atoms with van der Waals surface area (Å²) >= 11 is 0. The number of anilines is 1. The Bertz CT molecular complexity index is 557. The molecule has 7 heteroatoms. The van der Waals surface area contributed by atoms with E-state index >= 15 is 0 Å². The van der Waals surface area contributed by atoms with Gasteiger partial charge in [0.15, 0.2) is 0 Å². The molecule has 1 fully saturated rings. The molecule has 1 amide bonds. The predicted molar refractivity (Wildman–Crippen MR) is 97.9 cm³/mol. The molecule has 7 nitrogen and oxygen atoms in total. The number of amides is 1. The fourth-order valence-electron chi connectivity index (χ4n) is 2.87. The number of carboxylic acid groups (broad SMARTS) is 1. The first-order valence-corrected chi connectivity index (χ1v) is 8.58. The summed E-state index contributed by atoms with van der Waals surface area (Å²) in [4.78, 5) is 22.4. The lowest BCUT2D eigenvalue weighted by atomic mass is 10.0. The molecule has 1 saturated heterocycles. The zero-order valence-electron chi connectivity index (χ0n) is 15.1. The molecule has 0 atom stereocenters. The van der Waals surface area contributed by atoms with Crippen molar-refractivity contribution in [3.63, 3.8) is 0 Å². The zero-order chi connectivity index (χ0) is 18.7. The van der Waals surface area contributed by atoms with Crippen molar-refractivity contribution in [1.29, 1.82) is 0 Å². The second-order valence-corrected chi connectivity index (χ2v) is 5.90. The Kier molecular flexibility index (Phi) is 9.57. The van der Waals surface area contributed by atoms with Gasteiger partial charge in [-0.05, 0) is 63.0 Å². The van der Waals surface area contributed by atoms with Crippen LogP contribution < -0.4 is 11.1 Å². The number of primary amides is 1. The lowest BCUT2D eigenvalue weighted by Gasteiger charge is -2.18. The van der Waals surface area contributed by atoms with E-state index < -0.39 is 5.91 Å². The fraction of sp³-hybridized carbons (Fsp3) is 0.556. The van der Waals surface area contributed by atoms with Gasteiger partial charge < -0.3 is 25.8 Å². The predicted octanol–water partition coefficient (Wildman–Crippen LogP) is 1.84. The standard InChI is InChI=1S/C17H27N3O2.CH2O2/c1-3-22-12-14-10-15(17(18)21)13(2)16(11-14)19-6-9-20-7-4-5-8-20;2-1-3/h10-11,19H,3-9,12H2,1-2H3,(H2,18,21);1H,(H,2,3). The van der Waals surface area contributed by atoms with E-state index in [1.807, 2.05) is 19.9 Å². The molecule has 1 aliphatic rings. The molecule has 0 saturated carbocycles. The van der Waals surface area contributed by atoms with Crippen LogP contribution in [-0.2, 0) is 16.1 Å². The molecule has 140 valence electrons. The molecule has 25 heavy (non-hydrogen) atoms. The van der Waals surface area contributed by atoms with Gasteiger partial charge in [0.2, 0.25) is 5.91 Å². The highest BCUT2D eigenvalue weighted by Gasteiger charge is 2.13. The maximum Gasteiger partial charge on any atom is 0.290 e. The van der Waals surface area contributed by atoms with Crippen LogP contribution in [0.4, 0.5) is 5.69 Å². The first-order chi connectivity index (χ1) is 12.0. The van der Waals surface area contributed by atoms with Crippen LogP contribution in [0.5, 0.6) is 0 Å². The molecule has 1 heterocycles. The first-order valence-electron chi connectivity index (χ1n) is 8.58. The van der Waals surface area contributed by atoms with E-state index in [-0.39, 0.29) is 6.47 Å². The van der Waals surface area contributed by atoms with Crippen LogP contribution in [0.15, 0.2) is 12.1 Å². The van der Waals surface area contributed by atoms with Crippen LogP contribution in [0, 0.1) is 6.92 Å². The highest BCUT2D eigenvalue weighted by Crippen LogP contribution is 2.22. The lowest BCUT2D eigenvalue weighted by molar-refractivity contribution is -0.122. The Morgan fingerprint density at radius 1 is 1.40 bits per heavy atom. The molecule has 0 aromatic heterocycles. The number of ether oxygens (including phenoxy) is 1. The van der Waals surface area contributed by atoms with Gasteiger partial charge in [-0.1, -0.05) is 0 Å². The van der Waals surface area contributed by atoms with Crippen molar-refractivity contribution >= 4 is 18.1 Å². The summed E-state index contributed by atoms with van der Waals surface area (Å²) in [5.41, 5.74) is 8.93. The Morgan fingerprint density at radius 3 is 2.60 bits per heavy atom. The van der Waals surface area contributed by atoms with Crippen LogP contribution in [0.2, 0.25) is 0 Å². The number of hydrogen-bond acceptors (Lipinski definition) is 5. The van der Waals surface area contributed by atoms with Gasteiger partial charge in [-0.25, -0.2) is 0 Å². The minimum absolute atomic E-state index is 0.250. The molecular formula is C18H29N3O4. The number of hydrogen-bond donors (Lipinski definition) is 3. The van der Waals surface area contributed by atoms with Gasteiger partial charge in [-0.3, -0.25) is 9.59 Å². The Balaban J connectivity index is 0.000000970. The zero-order valence-corrected chi connectivity index (χ0v) is 15.1. The second kappa shape index (κ2) is 11.4. The van der Waals surface area contributed by atoms with Crippen molar-refractivity contribution < 1.29 is 19.4 Å². The van der Waals surface area contributed by atoms with Gasteiger partial charge in [-0.2, -0.15) is 0 Å². The third-order valence-corrected chi connectivity index (χ3v) is 4.15. The topological polar surface area (TPSA) is 105 Å². The summed E-state index contributed by atoms with van der Waals surface area (Å²) in [6, 6.07) is 3.89. The summed E-state index contributed by atoms with van der Waals surface area (Å²) in [6.45, 7) is 9.07. The maximum absolute atomic E-state index is 11.6. The Labute approximate surface area is 149 Å². The number of likely N-dealkylation sites (tertiary alicyclic amines) is 1. The minimum atomic E-state index is -0.390. The van der Waals surface area contributed by atoms with Crippen LogP contribution in [0.25, 0.3) is 0 Å². The van der Waals surface area contributed by atoms with Gasteiger partial charge >= 0.3 is 0 Å². The Morgan fingerprint density at radius 2 is 2.04 bits per heavy atom. The van der Waals surface area contributed by atoms with Crippen molar-refractivity contribution in [2.24, 2.45) is 5.73 Å². The van der Waals surface area contributed by atoms with Gasteiger partial charge in [0.05, 0.1) is 6.61 Å². The van der Waals surface area contributed by atoms with Crippen molar-refractivity contribution in [1.82, 2.24) is 4.90 Å². The van der Waals surface area contributed by atoms with Gasteiger partial charge in [-0.15, -0.1) is 0 Å². The number of carbonyl (C=O) groups is 2. The Hall–Kier alpha value is -2.12.